The van der Waals surface area contributed by atoms with E-state index in [-0.39, 0.29) is 22.6 Å². The summed E-state index contributed by atoms with van der Waals surface area (Å²) in [4.78, 5) is 35.6. The first-order valence-electron chi connectivity index (χ1n) is 11.6. The average Bonchev–Trinajstić information content (AvgIpc) is 2.85. The third-order valence-electron chi connectivity index (χ3n) is 6.83. The number of aromatic nitrogens is 1. The molecule has 4 heterocycles. The molecule has 3 aliphatic rings. The van der Waals surface area contributed by atoms with E-state index in [1.165, 1.54) is 16.9 Å². The van der Waals surface area contributed by atoms with Crippen LogP contribution in [0.1, 0.15) is 32.1 Å². The summed E-state index contributed by atoms with van der Waals surface area (Å²) in [5.74, 6) is 0.175. The predicted molar refractivity (Wildman–Crippen MR) is 119 cm³/mol. The lowest BCUT2D eigenvalue weighted by Crippen LogP contribution is -2.54. The van der Waals surface area contributed by atoms with Crippen molar-refractivity contribution in [1.82, 2.24) is 24.0 Å². The van der Waals surface area contributed by atoms with Crippen LogP contribution in [-0.4, -0.2) is 103 Å². The largest absolute Gasteiger partial charge is 0.342 e. The summed E-state index contributed by atoms with van der Waals surface area (Å²) in [5, 5.41) is 0. The molecule has 0 saturated carbocycles. The Kier molecular flexibility index (Phi) is 7.42. The number of hydrogen-bond donors (Lipinski definition) is 0. The molecule has 32 heavy (non-hydrogen) atoms. The molecule has 176 valence electrons. The SMILES string of the molecule is O=C(CN1CCN(C(=O)C2CCN(S(=O)(=O)c3cccnc3)CC2)CC1)N1CCCCC1. The van der Waals surface area contributed by atoms with Crippen molar-refractivity contribution >= 4 is 21.8 Å². The Hall–Kier alpha value is -2.04. The molecule has 0 aliphatic carbocycles. The van der Waals surface area contributed by atoms with Gasteiger partial charge in [0.05, 0.1) is 6.54 Å². The van der Waals surface area contributed by atoms with E-state index in [1.54, 1.807) is 18.3 Å². The Morgan fingerprint density at radius 3 is 2.22 bits per heavy atom. The lowest BCUT2D eigenvalue weighted by Gasteiger charge is -2.38. The topological polar surface area (TPSA) is 94.1 Å². The van der Waals surface area contributed by atoms with Gasteiger partial charge >= 0.3 is 0 Å². The van der Waals surface area contributed by atoms with Crippen LogP contribution < -0.4 is 0 Å². The van der Waals surface area contributed by atoms with E-state index >= 15 is 0 Å². The zero-order chi connectivity index (χ0) is 22.6. The van der Waals surface area contributed by atoms with Gasteiger partial charge in [0, 0.05) is 70.7 Å². The van der Waals surface area contributed by atoms with Crippen LogP contribution in [0.5, 0.6) is 0 Å². The minimum absolute atomic E-state index is 0.116. The highest BCUT2D eigenvalue weighted by atomic mass is 32.2. The summed E-state index contributed by atoms with van der Waals surface area (Å²) in [5.41, 5.74) is 0. The first-order chi connectivity index (χ1) is 15.4. The Bertz CT molecular complexity index is 888. The number of likely N-dealkylation sites (tertiary alicyclic amines) is 1. The number of hydrogen-bond acceptors (Lipinski definition) is 6. The van der Waals surface area contributed by atoms with Gasteiger partial charge in [-0.2, -0.15) is 4.31 Å². The molecule has 9 nitrogen and oxygen atoms in total. The highest BCUT2D eigenvalue weighted by Crippen LogP contribution is 2.25. The summed E-state index contributed by atoms with van der Waals surface area (Å²) in [6, 6.07) is 3.16. The van der Waals surface area contributed by atoms with Gasteiger partial charge in [-0.3, -0.25) is 19.5 Å². The number of rotatable bonds is 5. The molecule has 1 aromatic heterocycles. The van der Waals surface area contributed by atoms with Crippen LogP contribution in [0.4, 0.5) is 0 Å². The maximum atomic E-state index is 13.0. The van der Waals surface area contributed by atoms with Gasteiger partial charge in [0.25, 0.3) is 0 Å². The van der Waals surface area contributed by atoms with Gasteiger partial charge in [0.2, 0.25) is 21.8 Å². The highest BCUT2D eigenvalue weighted by Gasteiger charge is 2.35. The number of piperidine rings is 2. The molecule has 0 aromatic carbocycles. The van der Waals surface area contributed by atoms with Gasteiger partial charge in [-0.15, -0.1) is 0 Å². The summed E-state index contributed by atoms with van der Waals surface area (Å²) in [7, 11) is -3.56. The standard InChI is InChI=1S/C22H33N5O4S/c28-21(25-9-2-1-3-10-25)18-24-13-15-26(16-14-24)22(29)19-6-11-27(12-7-19)32(30,31)20-5-4-8-23-17-20/h4-5,8,17,19H,1-3,6-7,9-16,18H2. The summed E-state index contributed by atoms with van der Waals surface area (Å²) in [6.45, 7) is 5.53. The zero-order valence-corrected chi connectivity index (χ0v) is 19.4. The van der Waals surface area contributed by atoms with Crippen molar-refractivity contribution in [2.75, 3.05) is 58.9 Å². The second kappa shape index (κ2) is 10.3. The molecule has 4 rings (SSSR count). The molecule has 2 amide bonds. The van der Waals surface area contributed by atoms with Crippen molar-refractivity contribution in [3.63, 3.8) is 0 Å². The first-order valence-corrected chi connectivity index (χ1v) is 13.1. The van der Waals surface area contributed by atoms with E-state index in [4.69, 9.17) is 0 Å². The van der Waals surface area contributed by atoms with Crippen LogP contribution in [0.25, 0.3) is 0 Å². The summed E-state index contributed by atoms with van der Waals surface area (Å²) >= 11 is 0. The van der Waals surface area contributed by atoms with Gasteiger partial charge in [-0.25, -0.2) is 8.42 Å². The van der Waals surface area contributed by atoms with Crippen LogP contribution in [0.3, 0.4) is 0 Å². The molecule has 3 fully saturated rings. The van der Waals surface area contributed by atoms with E-state index in [0.717, 1.165) is 25.9 Å². The minimum atomic E-state index is -3.56. The molecule has 0 spiro atoms. The highest BCUT2D eigenvalue weighted by molar-refractivity contribution is 7.89. The van der Waals surface area contributed by atoms with Crippen LogP contribution >= 0.6 is 0 Å². The van der Waals surface area contributed by atoms with Gasteiger partial charge in [-0.1, -0.05) is 0 Å². The molecule has 1 aromatic rings. The van der Waals surface area contributed by atoms with E-state index in [1.807, 2.05) is 9.80 Å². The Morgan fingerprint density at radius 1 is 0.906 bits per heavy atom. The minimum Gasteiger partial charge on any atom is -0.342 e. The normalized spacial score (nSPS) is 22.1. The lowest BCUT2D eigenvalue weighted by molar-refractivity contribution is -0.139. The number of carbonyl (C=O) groups excluding carboxylic acids is 2. The fourth-order valence-corrected chi connectivity index (χ4v) is 6.25. The quantitative estimate of drug-likeness (QED) is 0.636. The first kappa shape index (κ1) is 23.1. The third kappa shape index (κ3) is 5.29. The Labute approximate surface area is 190 Å². The van der Waals surface area contributed by atoms with Gasteiger partial charge in [-0.05, 0) is 44.2 Å². The van der Waals surface area contributed by atoms with Crippen molar-refractivity contribution < 1.29 is 18.0 Å². The zero-order valence-electron chi connectivity index (χ0n) is 18.6. The molecule has 0 unspecified atom stereocenters. The molecule has 0 N–H and O–H groups in total. The van der Waals surface area contributed by atoms with Crippen molar-refractivity contribution in [3.05, 3.63) is 24.5 Å². The second-order valence-electron chi connectivity index (χ2n) is 8.91. The monoisotopic (exact) mass is 463 g/mol. The number of nitrogens with zero attached hydrogens (tertiary/aromatic N) is 5. The van der Waals surface area contributed by atoms with E-state index in [0.29, 0.717) is 58.7 Å². The average molecular weight is 464 g/mol. The van der Waals surface area contributed by atoms with Crippen molar-refractivity contribution in [1.29, 1.82) is 0 Å². The molecule has 10 heteroatoms. The molecule has 3 saturated heterocycles. The molecular weight excluding hydrogens is 430 g/mol. The number of pyridine rings is 1. The summed E-state index contributed by atoms with van der Waals surface area (Å²) < 4.78 is 27.0. The van der Waals surface area contributed by atoms with E-state index < -0.39 is 10.0 Å². The smallest absolute Gasteiger partial charge is 0.244 e. The van der Waals surface area contributed by atoms with Gasteiger partial charge in [0.1, 0.15) is 4.90 Å². The Balaban J connectivity index is 1.23. The van der Waals surface area contributed by atoms with Crippen molar-refractivity contribution in [2.24, 2.45) is 5.92 Å². The fraction of sp³-hybridized carbons (Fsp3) is 0.682. The third-order valence-corrected chi connectivity index (χ3v) is 8.71. The second-order valence-corrected chi connectivity index (χ2v) is 10.8. The molecule has 0 bridgehead atoms. The molecule has 3 aliphatic heterocycles. The Morgan fingerprint density at radius 2 is 1.59 bits per heavy atom. The van der Waals surface area contributed by atoms with Gasteiger partial charge < -0.3 is 9.80 Å². The van der Waals surface area contributed by atoms with Crippen LogP contribution in [-0.2, 0) is 19.6 Å². The van der Waals surface area contributed by atoms with E-state index in [9.17, 15) is 18.0 Å². The van der Waals surface area contributed by atoms with Crippen molar-refractivity contribution in [2.45, 2.75) is 37.0 Å². The molecular formula is C22H33N5O4S. The molecule has 0 atom stereocenters. The number of amides is 2. The molecule has 0 radical (unpaired) electrons. The van der Waals surface area contributed by atoms with Crippen molar-refractivity contribution in [3.8, 4) is 0 Å². The predicted octanol–water partition coefficient (Wildman–Crippen LogP) is 0.639. The lowest BCUT2D eigenvalue weighted by atomic mass is 9.96. The maximum absolute atomic E-state index is 13.0. The van der Waals surface area contributed by atoms with E-state index in [2.05, 4.69) is 9.88 Å². The van der Waals surface area contributed by atoms with Crippen LogP contribution in [0, 0.1) is 5.92 Å². The maximum Gasteiger partial charge on any atom is 0.244 e. The fourth-order valence-electron chi connectivity index (χ4n) is 4.81. The number of piperazine rings is 1. The summed E-state index contributed by atoms with van der Waals surface area (Å²) in [6.07, 6.45) is 7.37. The van der Waals surface area contributed by atoms with Crippen LogP contribution in [0.2, 0.25) is 0 Å². The number of carbonyl (C=O) groups is 2. The van der Waals surface area contributed by atoms with Gasteiger partial charge in [0.15, 0.2) is 0 Å². The number of sulfonamides is 1. The van der Waals surface area contributed by atoms with Crippen LogP contribution in [0.15, 0.2) is 29.4 Å².